The predicted octanol–water partition coefficient (Wildman–Crippen LogP) is 2.76. The number of nitrogens with two attached hydrogens (primary N) is 1. The Morgan fingerprint density at radius 1 is 1.47 bits per heavy atom. The van der Waals surface area contributed by atoms with E-state index in [1.807, 2.05) is 18.2 Å². The number of halogens is 1. The van der Waals surface area contributed by atoms with Crippen LogP contribution in [0.2, 0.25) is 5.02 Å². The number of nitrogen functional groups attached to an aromatic ring is 1. The van der Waals surface area contributed by atoms with Gasteiger partial charge in [-0.1, -0.05) is 11.6 Å². The van der Waals surface area contributed by atoms with Gasteiger partial charge >= 0.3 is 0 Å². The summed E-state index contributed by atoms with van der Waals surface area (Å²) in [6, 6.07) is 5.67. The van der Waals surface area contributed by atoms with E-state index in [9.17, 15) is 0 Å². The van der Waals surface area contributed by atoms with Gasteiger partial charge in [0, 0.05) is 23.8 Å². The first-order valence-electron chi connectivity index (χ1n) is 5.37. The molecule has 1 aromatic carbocycles. The second kappa shape index (κ2) is 4.42. The first-order chi connectivity index (χ1) is 7.15. The van der Waals surface area contributed by atoms with Crippen molar-refractivity contribution in [1.82, 2.24) is 4.90 Å². The van der Waals surface area contributed by atoms with E-state index >= 15 is 0 Å². The number of hydrogen-bond acceptors (Lipinski definition) is 2. The molecule has 0 bridgehead atoms. The molecule has 0 heterocycles. The lowest BCUT2D eigenvalue weighted by atomic mass is 10.1. The Kier molecular flexibility index (Phi) is 3.17. The van der Waals surface area contributed by atoms with Crippen LogP contribution in [-0.2, 0) is 6.54 Å². The summed E-state index contributed by atoms with van der Waals surface area (Å²) >= 11 is 5.94. The Morgan fingerprint density at radius 3 is 2.87 bits per heavy atom. The van der Waals surface area contributed by atoms with Gasteiger partial charge in [-0.05, 0) is 49.6 Å². The highest BCUT2D eigenvalue weighted by Crippen LogP contribution is 2.30. The summed E-state index contributed by atoms with van der Waals surface area (Å²) in [6.07, 6.45) is 2.77. The maximum Gasteiger partial charge on any atom is 0.0410 e. The van der Waals surface area contributed by atoms with Gasteiger partial charge in [-0.15, -0.1) is 0 Å². The van der Waals surface area contributed by atoms with Gasteiger partial charge in [0.05, 0.1) is 0 Å². The molecular formula is C12H17ClN2. The van der Waals surface area contributed by atoms with Gasteiger partial charge < -0.3 is 10.6 Å². The summed E-state index contributed by atoms with van der Waals surface area (Å²) in [4.78, 5) is 2.32. The van der Waals surface area contributed by atoms with Crippen molar-refractivity contribution in [3.8, 4) is 0 Å². The molecule has 1 aliphatic rings. The first kappa shape index (κ1) is 10.8. The normalized spacial score (nSPS) is 15.9. The van der Waals surface area contributed by atoms with Crippen molar-refractivity contribution in [3.05, 3.63) is 28.8 Å². The molecule has 0 radical (unpaired) electrons. The predicted molar refractivity (Wildman–Crippen MR) is 64.9 cm³/mol. The highest BCUT2D eigenvalue weighted by molar-refractivity contribution is 6.30. The molecule has 1 saturated carbocycles. The largest absolute Gasteiger partial charge is 0.398 e. The van der Waals surface area contributed by atoms with Crippen molar-refractivity contribution < 1.29 is 0 Å². The second-order valence-electron chi connectivity index (χ2n) is 4.48. The monoisotopic (exact) mass is 224 g/mol. The van der Waals surface area contributed by atoms with Crippen molar-refractivity contribution >= 4 is 17.3 Å². The van der Waals surface area contributed by atoms with Crippen LogP contribution in [0.25, 0.3) is 0 Å². The number of nitrogens with zero attached hydrogens (tertiary/aromatic N) is 1. The first-order valence-corrected chi connectivity index (χ1v) is 5.75. The lowest BCUT2D eigenvalue weighted by Crippen LogP contribution is -2.21. The van der Waals surface area contributed by atoms with Crippen molar-refractivity contribution in [2.24, 2.45) is 5.92 Å². The highest BCUT2D eigenvalue weighted by atomic mass is 35.5. The maximum atomic E-state index is 5.94. The molecule has 3 heteroatoms. The number of rotatable bonds is 4. The summed E-state index contributed by atoms with van der Waals surface area (Å²) in [6.45, 7) is 2.06. The van der Waals surface area contributed by atoms with E-state index in [-0.39, 0.29) is 0 Å². The molecule has 0 atom stereocenters. The summed E-state index contributed by atoms with van der Waals surface area (Å²) in [5.41, 5.74) is 7.86. The van der Waals surface area contributed by atoms with E-state index in [1.54, 1.807) is 0 Å². The fourth-order valence-corrected chi connectivity index (χ4v) is 2.00. The standard InChI is InChI=1S/C12H17ClN2/c1-15(7-9-2-3-9)8-10-6-11(13)4-5-12(10)14/h4-6,9H,2-3,7-8,14H2,1H3. The Bertz CT molecular complexity index is 347. The Morgan fingerprint density at radius 2 is 2.20 bits per heavy atom. The van der Waals surface area contributed by atoms with Crippen LogP contribution in [0.5, 0.6) is 0 Å². The van der Waals surface area contributed by atoms with E-state index in [4.69, 9.17) is 17.3 Å². The third kappa shape index (κ3) is 3.11. The zero-order chi connectivity index (χ0) is 10.8. The quantitative estimate of drug-likeness (QED) is 0.797. The van der Waals surface area contributed by atoms with E-state index < -0.39 is 0 Å². The summed E-state index contributed by atoms with van der Waals surface area (Å²) < 4.78 is 0. The van der Waals surface area contributed by atoms with Gasteiger partial charge in [0.25, 0.3) is 0 Å². The van der Waals surface area contributed by atoms with Gasteiger partial charge in [-0.3, -0.25) is 0 Å². The third-order valence-electron chi connectivity index (χ3n) is 2.81. The molecular weight excluding hydrogens is 208 g/mol. The molecule has 1 aliphatic carbocycles. The molecule has 0 unspecified atom stereocenters. The van der Waals surface area contributed by atoms with Crippen LogP contribution in [0.3, 0.4) is 0 Å². The molecule has 2 N–H and O–H groups in total. The smallest absolute Gasteiger partial charge is 0.0410 e. The molecule has 82 valence electrons. The summed E-state index contributed by atoms with van der Waals surface area (Å²) in [5.74, 6) is 0.912. The van der Waals surface area contributed by atoms with Crippen LogP contribution in [0.15, 0.2) is 18.2 Å². The van der Waals surface area contributed by atoms with Crippen LogP contribution in [0.1, 0.15) is 18.4 Å². The molecule has 15 heavy (non-hydrogen) atoms. The molecule has 0 spiro atoms. The zero-order valence-electron chi connectivity index (χ0n) is 9.04. The zero-order valence-corrected chi connectivity index (χ0v) is 9.80. The topological polar surface area (TPSA) is 29.3 Å². The van der Waals surface area contributed by atoms with Crippen LogP contribution in [0.4, 0.5) is 5.69 Å². The maximum absolute atomic E-state index is 5.94. The van der Waals surface area contributed by atoms with E-state index in [2.05, 4.69) is 11.9 Å². The van der Waals surface area contributed by atoms with E-state index in [0.29, 0.717) is 0 Å². The van der Waals surface area contributed by atoms with Gasteiger partial charge in [0.2, 0.25) is 0 Å². The van der Waals surface area contributed by atoms with E-state index in [1.165, 1.54) is 19.4 Å². The summed E-state index contributed by atoms with van der Waals surface area (Å²) in [5, 5.41) is 0.763. The minimum atomic E-state index is 0.763. The van der Waals surface area contributed by atoms with Crippen molar-refractivity contribution in [2.45, 2.75) is 19.4 Å². The van der Waals surface area contributed by atoms with Gasteiger partial charge in [0.1, 0.15) is 0 Å². The lowest BCUT2D eigenvalue weighted by Gasteiger charge is -2.17. The fourth-order valence-electron chi connectivity index (χ4n) is 1.81. The summed E-state index contributed by atoms with van der Waals surface area (Å²) in [7, 11) is 2.14. The Labute approximate surface area is 96.0 Å². The average Bonchev–Trinajstić information content (AvgIpc) is 2.95. The van der Waals surface area contributed by atoms with Gasteiger partial charge in [0.15, 0.2) is 0 Å². The highest BCUT2D eigenvalue weighted by Gasteiger charge is 2.22. The molecule has 0 aromatic heterocycles. The molecule has 0 aliphatic heterocycles. The van der Waals surface area contributed by atoms with Crippen LogP contribution < -0.4 is 5.73 Å². The third-order valence-corrected chi connectivity index (χ3v) is 3.05. The van der Waals surface area contributed by atoms with Crippen LogP contribution in [0, 0.1) is 5.92 Å². The van der Waals surface area contributed by atoms with E-state index in [0.717, 1.165) is 28.7 Å². The van der Waals surface area contributed by atoms with Crippen molar-refractivity contribution in [3.63, 3.8) is 0 Å². The molecule has 2 rings (SSSR count). The second-order valence-corrected chi connectivity index (χ2v) is 4.92. The molecule has 2 nitrogen and oxygen atoms in total. The van der Waals surface area contributed by atoms with Crippen LogP contribution >= 0.6 is 11.6 Å². The van der Waals surface area contributed by atoms with Crippen LogP contribution in [-0.4, -0.2) is 18.5 Å². The lowest BCUT2D eigenvalue weighted by molar-refractivity contribution is 0.313. The van der Waals surface area contributed by atoms with Crippen molar-refractivity contribution in [2.75, 3.05) is 19.3 Å². The fraction of sp³-hybridized carbons (Fsp3) is 0.500. The molecule has 0 amide bonds. The Hall–Kier alpha value is -0.730. The number of benzene rings is 1. The van der Waals surface area contributed by atoms with Crippen molar-refractivity contribution in [1.29, 1.82) is 0 Å². The number of anilines is 1. The SMILES string of the molecule is CN(Cc1cc(Cl)ccc1N)CC1CC1. The van der Waals surface area contributed by atoms with Gasteiger partial charge in [-0.2, -0.15) is 0 Å². The molecule has 0 saturated heterocycles. The average molecular weight is 225 g/mol. The molecule has 1 fully saturated rings. The Balaban J connectivity index is 1.98. The van der Waals surface area contributed by atoms with Gasteiger partial charge in [-0.25, -0.2) is 0 Å². The number of hydrogen-bond donors (Lipinski definition) is 1. The minimum absolute atomic E-state index is 0.763. The molecule has 1 aromatic rings. The minimum Gasteiger partial charge on any atom is -0.398 e.